The van der Waals surface area contributed by atoms with Crippen molar-refractivity contribution in [2.75, 3.05) is 7.05 Å². The normalized spacial score (nSPS) is 12.6. The van der Waals surface area contributed by atoms with Crippen LogP contribution < -0.4 is 4.80 Å². The van der Waals surface area contributed by atoms with E-state index in [4.69, 9.17) is 16.7 Å². The first-order chi connectivity index (χ1) is 11.6. The van der Waals surface area contributed by atoms with Crippen LogP contribution in [0.3, 0.4) is 0 Å². The van der Waals surface area contributed by atoms with Gasteiger partial charge in [-0.2, -0.15) is 5.10 Å². The van der Waals surface area contributed by atoms with Gasteiger partial charge in [0.05, 0.1) is 11.4 Å². The van der Waals surface area contributed by atoms with Crippen LogP contribution in [0.15, 0.2) is 64.0 Å². The van der Waals surface area contributed by atoms with E-state index in [-0.39, 0.29) is 5.75 Å². The van der Waals surface area contributed by atoms with Crippen LogP contribution in [0.1, 0.15) is 12.5 Å². The highest BCUT2D eigenvalue weighted by atomic mass is 35.5. The third kappa shape index (κ3) is 3.42. The topological polar surface area (TPSA) is 49.9 Å². The van der Waals surface area contributed by atoms with Gasteiger partial charge in [0.25, 0.3) is 0 Å². The van der Waals surface area contributed by atoms with Gasteiger partial charge < -0.3 is 5.11 Å². The molecule has 0 fully saturated rings. The van der Waals surface area contributed by atoms with Crippen LogP contribution in [0, 0.1) is 0 Å². The Balaban J connectivity index is 2.10. The van der Waals surface area contributed by atoms with Crippen LogP contribution in [-0.2, 0) is 0 Å². The van der Waals surface area contributed by atoms with E-state index in [1.54, 1.807) is 19.2 Å². The molecule has 0 bridgehead atoms. The van der Waals surface area contributed by atoms with Crippen molar-refractivity contribution >= 4 is 28.6 Å². The first-order valence-corrected chi connectivity index (χ1v) is 8.58. The van der Waals surface area contributed by atoms with Gasteiger partial charge in [-0.1, -0.05) is 23.7 Å². The molecule has 2 aromatic carbocycles. The first kappa shape index (κ1) is 16.5. The molecule has 1 N–H and O–H groups in total. The molecular formula is C18H16ClN3OS. The van der Waals surface area contributed by atoms with E-state index in [0.717, 1.165) is 27.3 Å². The van der Waals surface area contributed by atoms with Crippen molar-refractivity contribution in [1.82, 2.24) is 4.68 Å². The van der Waals surface area contributed by atoms with Crippen LogP contribution in [-0.4, -0.2) is 22.5 Å². The Bertz CT molecular complexity index is 938. The SMILES string of the molecule is CN=c1scc(-c2ccc(Cl)cc2)n1N=C(C)c1ccc(O)cc1. The Morgan fingerprint density at radius 3 is 2.38 bits per heavy atom. The third-order valence-electron chi connectivity index (χ3n) is 3.55. The molecule has 0 atom stereocenters. The van der Waals surface area contributed by atoms with Crippen LogP contribution in [0.25, 0.3) is 11.3 Å². The molecule has 4 nitrogen and oxygen atoms in total. The van der Waals surface area contributed by atoms with Crippen molar-refractivity contribution in [2.45, 2.75) is 6.92 Å². The van der Waals surface area contributed by atoms with Crippen LogP contribution in [0.5, 0.6) is 5.75 Å². The number of benzene rings is 2. The lowest BCUT2D eigenvalue weighted by atomic mass is 10.1. The van der Waals surface area contributed by atoms with Crippen molar-refractivity contribution in [3.8, 4) is 17.0 Å². The summed E-state index contributed by atoms with van der Waals surface area (Å²) < 4.78 is 1.83. The van der Waals surface area contributed by atoms with Gasteiger partial charge in [0.15, 0.2) is 0 Å². The lowest BCUT2D eigenvalue weighted by Crippen LogP contribution is -2.13. The quantitative estimate of drug-likeness (QED) is 0.695. The standard InChI is InChI=1S/C18H16ClN3OS/c1-12(13-5-9-16(23)10-6-13)21-22-17(11-24-18(22)20-2)14-3-7-15(19)8-4-14/h3-11,23H,1-2H3. The molecule has 1 aromatic heterocycles. The van der Waals surface area contributed by atoms with E-state index in [9.17, 15) is 5.11 Å². The monoisotopic (exact) mass is 357 g/mol. The maximum Gasteiger partial charge on any atom is 0.205 e. The molecule has 0 amide bonds. The molecule has 0 unspecified atom stereocenters. The fourth-order valence-corrected chi connectivity index (χ4v) is 3.20. The Kier molecular flexibility index (Phi) is 4.83. The van der Waals surface area contributed by atoms with Crippen molar-refractivity contribution in [3.05, 3.63) is 69.3 Å². The Labute approximate surface area is 149 Å². The maximum atomic E-state index is 9.42. The summed E-state index contributed by atoms with van der Waals surface area (Å²) in [6.45, 7) is 1.93. The van der Waals surface area contributed by atoms with Gasteiger partial charge in [-0.25, -0.2) is 4.68 Å². The molecule has 1 heterocycles. The van der Waals surface area contributed by atoms with E-state index >= 15 is 0 Å². The zero-order valence-electron chi connectivity index (χ0n) is 13.3. The van der Waals surface area contributed by atoms with E-state index in [1.165, 1.54) is 11.3 Å². The van der Waals surface area contributed by atoms with Gasteiger partial charge in [0.2, 0.25) is 4.80 Å². The zero-order chi connectivity index (χ0) is 17.1. The van der Waals surface area contributed by atoms with E-state index in [2.05, 4.69) is 4.99 Å². The molecule has 0 aliphatic rings. The third-order valence-corrected chi connectivity index (χ3v) is 4.71. The number of phenolic OH excluding ortho intramolecular Hbond substituents is 1. The maximum absolute atomic E-state index is 9.42. The fraction of sp³-hybridized carbons (Fsp3) is 0.111. The Morgan fingerprint density at radius 1 is 1.08 bits per heavy atom. The van der Waals surface area contributed by atoms with Crippen molar-refractivity contribution in [3.63, 3.8) is 0 Å². The summed E-state index contributed by atoms with van der Waals surface area (Å²) in [6, 6.07) is 14.6. The summed E-state index contributed by atoms with van der Waals surface area (Å²) in [4.78, 5) is 5.11. The van der Waals surface area contributed by atoms with Crippen LogP contribution >= 0.6 is 22.9 Å². The second kappa shape index (κ2) is 7.03. The van der Waals surface area contributed by atoms with Crippen LogP contribution in [0.2, 0.25) is 5.02 Å². The number of halogens is 1. The lowest BCUT2D eigenvalue weighted by molar-refractivity contribution is 0.475. The van der Waals surface area contributed by atoms with Crippen molar-refractivity contribution in [1.29, 1.82) is 0 Å². The molecule has 6 heteroatoms. The number of aromatic nitrogens is 1. The minimum atomic E-state index is 0.237. The number of hydrogen-bond donors (Lipinski definition) is 1. The van der Waals surface area contributed by atoms with Gasteiger partial charge in [-0.15, -0.1) is 11.3 Å². The summed E-state index contributed by atoms with van der Waals surface area (Å²) in [7, 11) is 1.75. The van der Waals surface area contributed by atoms with Crippen molar-refractivity contribution < 1.29 is 5.11 Å². The second-order valence-electron chi connectivity index (χ2n) is 5.18. The average Bonchev–Trinajstić information content (AvgIpc) is 2.98. The number of aromatic hydroxyl groups is 1. The summed E-state index contributed by atoms with van der Waals surface area (Å²) in [6.07, 6.45) is 0. The van der Waals surface area contributed by atoms with Gasteiger partial charge in [-0.05, 0) is 48.9 Å². The molecule has 0 radical (unpaired) electrons. The lowest BCUT2D eigenvalue weighted by Gasteiger charge is -2.06. The number of thiazole rings is 1. The Morgan fingerprint density at radius 2 is 1.75 bits per heavy atom. The minimum absolute atomic E-state index is 0.237. The molecule has 0 saturated carbocycles. The fourth-order valence-electron chi connectivity index (χ4n) is 2.28. The summed E-state index contributed by atoms with van der Waals surface area (Å²) in [5.41, 5.74) is 3.75. The summed E-state index contributed by atoms with van der Waals surface area (Å²) in [5.74, 6) is 0.237. The number of rotatable bonds is 3. The predicted molar refractivity (Wildman–Crippen MR) is 100.0 cm³/mol. The molecule has 122 valence electrons. The predicted octanol–water partition coefficient (Wildman–Crippen LogP) is 4.38. The average molecular weight is 358 g/mol. The van der Waals surface area contributed by atoms with Gasteiger partial charge in [0, 0.05) is 23.0 Å². The summed E-state index contributed by atoms with van der Waals surface area (Å²) in [5, 5.41) is 16.9. The highest BCUT2D eigenvalue weighted by molar-refractivity contribution is 7.07. The number of phenols is 1. The molecule has 0 saturated heterocycles. The molecule has 0 aliphatic carbocycles. The van der Waals surface area contributed by atoms with Gasteiger partial charge in [0.1, 0.15) is 5.75 Å². The van der Waals surface area contributed by atoms with E-state index < -0.39 is 0 Å². The minimum Gasteiger partial charge on any atom is -0.508 e. The summed E-state index contributed by atoms with van der Waals surface area (Å²) >= 11 is 7.51. The molecular weight excluding hydrogens is 342 g/mol. The van der Waals surface area contributed by atoms with E-state index in [0.29, 0.717) is 5.02 Å². The highest BCUT2D eigenvalue weighted by Gasteiger charge is 2.08. The van der Waals surface area contributed by atoms with Crippen molar-refractivity contribution in [2.24, 2.45) is 10.1 Å². The molecule has 3 aromatic rings. The molecule has 24 heavy (non-hydrogen) atoms. The number of nitrogens with zero attached hydrogens (tertiary/aromatic N) is 3. The smallest absolute Gasteiger partial charge is 0.205 e. The number of hydrogen-bond acceptors (Lipinski definition) is 4. The molecule has 0 aliphatic heterocycles. The molecule has 0 spiro atoms. The largest absolute Gasteiger partial charge is 0.508 e. The van der Waals surface area contributed by atoms with Gasteiger partial charge in [-0.3, -0.25) is 4.99 Å². The highest BCUT2D eigenvalue weighted by Crippen LogP contribution is 2.22. The second-order valence-corrected chi connectivity index (χ2v) is 6.45. The molecule has 3 rings (SSSR count). The Hall–Kier alpha value is -2.37. The zero-order valence-corrected chi connectivity index (χ0v) is 14.8. The van der Waals surface area contributed by atoms with Gasteiger partial charge >= 0.3 is 0 Å². The first-order valence-electron chi connectivity index (χ1n) is 7.33. The van der Waals surface area contributed by atoms with E-state index in [1.807, 2.05) is 53.4 Å². The van der Waals surface area contributed by atoms with Crippen LogP contribution in [0.4, 0.5) is 0 Å².